The monoisotopic (exact) mass is 281 g/mol. The topological polar surface area (TPSA) is 57.6 Å². The summed E-state index contributed by atoms with van der Waals surface area (Å²) in [5.74, 6) is -1.85. The SMILES string of the molecule is Cc1c(C(=O)N(C)CC(=O)O)sc2cccc(F)c12. The van der Waals surface area contributed by atoms with Gasteiger partial charge >= 0.3 is 5.97 Å². The number of aryl methyl sites for hydroxylation is 1. The third-order valence-corrected chi connectivity index (χ3v) is 4.06. The second-order valence-corrected chi connectivity index (χ2v) is 5.28. The quantitative estimate of drug-likeness (QED) is 0.940. The van der Waals surface area contributed by atoms with Crippen molar-refractivity contribution in [1.29, 1.82) is 0 Å². The number of hydrogen-bond donors (Lipinski definition) is 1. The van der Waals surface area contributed by atoms with Gasteiger partial charge in [-0.05, 0) is 24.6 Å². The Balaban J connectivity index is 2.46. The number of hydrogen-bond acceptors (Lipinski definition) is 3. The van der Waals surface area contributed by atoms with Crippen LogP contribution in [0.2, 0.25) is 0 Å². The smallest absolute Gasteiger partial charge is 0.323 e. The number of nitrogens with zero attached hydrogens (tertiary/aromatic N) is 1. The van der Waals surface area contributed by atoms with E-state index in [9.17, 15) is 14.0 Å². The van der Waals surface area contributed by atoms with E-state index < -0.39 is 11.9 Å². The van der Waals surface area contributed by atoms with E-state index in [2.05, 4.69) is 0 Å². The first kappa shape index (κ1) is 13.5. The van der Waals surface area contributed by atoms with Gasteiger partial charge in [0.2, 0.25) is 0 Å². The van der Waals surface area contributed by atoms with Crippen molar-refractivity contribution in [2.45, 2.75) is 6.92 Å². The highest BCUT2D eigenvalue weighted by Gasteiger charge is 2.21. The maximum Gasteiger partial charge on any atom is 0.323 e. The summed E-state index contributed by atoms with van der Waals surface area (Å²) in [6.07, 6.45) is 0. The van der Waals surface area contributed by atoms with Crippen LogP contribution in [0.4, 0.5) is 4.39 Å². The summed E-state index contributed by atoms with van der Waals surface area (Å²) >= 11 is 1.18. The fourth-order valence-electron chi connectivity index (χ4n) is 1.91. The second kappa shape index (κ2) is 4.97. The molecule has 19 heavy (non-hydrogen) atoms. The highest BCUT2D eigenvalue weighted by Crippen LogP contribution is 2.33. The minimum Gasteiger partial charge on any atom is -0.480 e. The average Bonchev–Trinajstić information content (AvgIpc) is 2.66. The minimum absolute atomic E-state index is 0.369. The van der Waals surface area contributed by atoms with Gasteiger partial charge in [0, 0.05) is 17.1 Å². The summed E-state index contributed by atoms with van der Waals surface area (Å²) in [7, 11) is 1.41. The van der Waals surface area contributed by atoms with E-state index in [-0.39, 0.29) is 12.4 Å². The van der Waals surface area contributed by atoms with Gasteiger partial charge in [-0.25, -0.2) is 4.39 Å². The Hall–Kier alpha value is -1.95. The molecule has 1 N–H and O–H groups in total. The minimum atomic E-state index is -1.08. The zero-order valence-electron chi connectivity index (χ0n) is 10.4. The lowest BCUT2D eigenvalue weighted by Crippen LogP contribution is -2.31. The van der Waals surface area contributed by atoms with E-state index in [1.807, 2.05) is 0 Å². The van der Waals surface area contributed by atoms with Crippen molar-refractivity contribution in [1.82, 2.24) is 4.90 Å². The number of carboxylic acids is 1. The predicted molar refractivity (Wildman–Crippen MR) is 71.1 cm³/mol. The maximum absolute atomic E-state index is 13.7. The molecular formula is C13H12FNO3S. The van der Waals surface area contributed by atoms with Gasteiger partial charge in [-0.15, -0.1) is 11.3 Å². The molecule has 0 aliphatic carbocycles. The molecule has 0 aliphatic rings. The Morgan fingerprint density at radius 3 is 2.68 bits per heavy atom. The largest absolute Gasteiger partial charge is 0.480 e. The molecule has 1 amide bonds. The number of likely N-dealkylation sites (N-methyl/N-ethyl adjacent to an activating group) is 1. The van der Waals surface area contributed by atoms with E-state index in [0.717, 1.165) is 4.90 Å². The summed E-state index contributed by atoms with van der Waals surface area (Å²) in [5.41, 5.74) is 0.556. The Morgan fingerprint density at radius 2 is 2.11 bits per heavy atom. The Morgan fingerprint density at radius 1 is 1.42 bits per heavy atom. The Labute approximate surface area is 113 Å². The van der Waals surface area contributed by atoms with Crippen molar-refractivity contribution in [2.75, 3.05) is 13.6 Å². The number of thiophene rings is 1. The van der Waals surface area contributed by atoms with E-state index >= 15 is 0 Å². The first-order valence-electron chi connectivity index (χ1n) is 5.56. The lowest BCUT2D eigenvalue weighted by Gasteiger charge is -2.13. The third kappa shape index (κ3) is 2.44. The molecule has 0 saturated heterocycles. The predicted octanol–water partition coefficient (Wildman–Crippen LogP) is 2.51. The summed E-state index contributed by atoms with van der Waals surface area (Å²) in [6.45, 7) is 1.29. The van der Waals surface area contributed by atoms with Crippen LogP contribution in [-0.2, 0) is 4.79 Å². The molecule has 1 aromatic heterocycles. The van der Waals surface area contributed by atoms with E-state index in [4.69, 9.17) is 5.11 Å². The average molecular weight is 281 g/mol. The van der Waals surface area contributed by atoms with Gasteiger partial charge < -0.3 is 10.0 Å². The Kier molecular flexibility index (Phi) is 3.53. The van der Waals surface area contributed by atoms with E-state index in [1.165, 1.54) is 24.5 Å². The van der Waals surface area contributed by atoms with Gasteiger partial charge in [0.1, 0.15) is 12.4 Å². The molecule has 2 aromatic rings. The third-order valence-electron chi connectivity index (χ3n) is 2.82. The summed E-state index contributed by atoms with van der Waals surface area (Å²) in [6, 6.07) is 4.67. The van der Waals surface area contributed by atoms with Gasteiger partial charge in [0.25, 0.3) is 5.91 Å². The number of carbonyl (C=O) groups is 2. The number of benzene rings is 1. The van der Waals surface area contributed by atoms with Gasteiger partial charge in [-0.2, -0.15) is 0 Å². The van der Waals surface area contributed by atoms with Crippen molar-refractivity contribution >= 4 is 33.3 Å². The van der Waals surface area contributed by atoms with Crippen LogP contribution in [0.5, 0.6) is 0 Å². The number of carbonyl (C=O) groups excluding carboxylic acids is 1. The summed E-state index contributed by atoms with van der Waals surface area (Å²) in [5, 5.41) is 9.11. The molecule has 1 aromatic carbocycles. The summed E-state index contributed by atoms with van der Waals surface area (Å²) in [4.78, 5) is 24.2. The molecule has 0 bridgehead atoms. The van der Waals surface area contributed by atoms with Crippen molar-refractivity contribution in [2.24, 2.45) is 0 Å². The molecule has 0 aliphatic heterocycles. The molecule has 1 heterocycles. The molecule has 0 fully saturated rings. The van der Waals surface area contributed by atoms with Gasteiger partial charge in [0.15, 0.2) is 0 Å². The fraction of sp³-hybridized carbons (Fsp3) is 0.231. The Bertz CT molecular complexity index is 665. The number of halogens is 1. The number of rotatable bonds is 3. The first-order valence-corrected chi connectivity index (χ1v) is 6.38. The molecule has 0 radical (unpaired) electrons. The summed E-state index contributed by atoms with van der Waals surface area (Å²) < 4.78 is 14.4. The normalized spacial score (nSPS) is 10.7. The van der Waals surface area contributed by atoms with Crippen LogP contribution >= 0.6 is 11.3 Å². The fourth-order valence-corrected chi connectivity index (χ4v) is 3.12. The first-order chi connectivity index (χ1) is 8.91. The van der Waals surface area contributed by atoms with Crippen LogP contribution in [0.25, 0.3) is 10.1 Å². The number of amides is 1. The van der Waals surface area contributed by atoms with Gasteiger partial charge in [0.05, 0.1) is 4.88 Å². The highest BCUT2D eigenvalue weighted by atomic mass is 32.1. The standard InChI is InChI=1S/C13H12FNO3S/c1-7-11-8(14)4-3-5-9(11)19-12(7)13(18)15(2)6-10(16)17/h3-5H,6H2,1-2H3,(H,16,17). The van der Waals surface area contributed by atoms with Gasteiger partial charge in [-0.1, -0.05) is 6.07 Å². The lowest BCUT2D eigenvalue weighted by atomic mass is 10.1. The molecule has 100 valence electrons. The molecule has 4 nitrogen and oxygen atoms in total. The van der Waals surface area contributed by atoms with Crippen LogP contribution in [0, 0.1) is 12.7 Å². The molecular weight excluding hydrogens is 269 g/mol. The van der Waals surface area contributed by atoms with Crippen LogP contribution in [0.1, 0.15) is 15.2 Å². The zero-order valence-corrected chi connectivity index (χ0v) is 11.3. The molecule has 2 rings (SSSR count). The molecule has 0 unspecified atom stereocenters. The molecule has 6 heteroatoms. The zero-order chi connectivity index (χ0) is 14.2. The number of fused-ring (bicyclic) bond motifs is 1. The van der Waals surface area contributed by atoms with Crippen molar-refractivity contribution in [3.63, 3.8) is 0 Å². The molecule has 0 saturated carbocycles. The molecule has 0 atom stereocenters. The number of carboxylic acid groups (broad SMARTS) is 1. The van der Waals surface area contributed by atoms with Crippen LogP contribution in [-0.4, -0.2) is 35.5 Å². The lowest BCUT2D eigenvalue weighted by molar-refractivity contribution is -0.137. The van der Waals surface area contributed by atoms with Crippen LogP contribution in [0.3, 0.4) is 0 Å². The maximum atomic E-state index is 13.7. The van der Waals surface area contributed by atoms with Crippen molar-refractivity contribution in [3.8, 4) is 0 Å². The van der Waals surface area contributed by atoms with E-state index in [1.54, 1.807) is 19.1 Å². The highest BCUT2D eigenvalue weighted by molar-refractivity contribution is 7.21. The van der Waals surface area contributed by atoms with Crippen molar-refractivity contribution in [3.05, 3.63) is 34.5 Å². The van der Waals surface area contributed by atoms with Crippen LogP contribution < -0.4 is 0 Å². The van der Waals surface area contributed by atoms with Crippen molar-refractivity contribution < 1.29 is 19.1 Å². The van der Waals surface area contributed by atoms with Crippen LogP contribution in [0.15, 0.2) is 18.2 Å². The molecule has 0 spiro atoms. The van der Waals surface area contributed by atoms with E-state index in [0.29, 0.717) is 20.5 Å². The number of aliphatic carboxylic acids is 1. The van der Waals surface area contributed by atoms with Gasteiger partial charge in [-0.3, -0.25) is 9.59 Å². The second-order valence-electron chi connectivity index (χ2n) is 4.22.